The number of sulfonamides is 1. The zero-order valence-electron chi connectivity index (χ0n) is 20.0. The first-order valence-electron chi connectivity index (χ1n) is 10.9. The molecule has 1 aliphatic heterocycles. The summed E-state index contributed by atoms with van der Waals surface area (Å²) in [7, 11) is -4.53. The first-order chi connectivity index (χ1) is 16.7. The van der Waals surface area contributed by atoms with Crippen LogP contribution in [0.2, 0.25) is 0 Å². The van der Waals surface area contributed by atoms with Crippen LogP contribution >= 0.6 is 15.9 Å². The van der Waals surface area contributed by atoms with Gasteiger partial charge < -0.3 is 9.84 Å². The van der Waals surface area contributed by atoms with Gasteiger partial charge >= 0.3 is 12.1 Å². The number of halogens is 1. The third-order valence-corrected chi connectivity index (χ3v) is 8.10. The van der Waals surface area contributed by atoms with Crippen LogP contribution < -0.4 is 0 Å². The van der Waals surface area contributed by atoms with Gasteiger partial charge in [0.2, 0.25) is 0 Å². The van der Waals surface area contributed by atoms with Crippen molar-refractivity contribution in [2.24, 2.45) is 5.92 Å². The highest BCUT2D eigenvalue weighted by atomic mass is 79.9. The topological polar surface area (TPSA) is 138 Å². The van der Waals surface area contributed by atoms with Crippen molar-refractivity contribution in [2.75, 3.05) is 6.54 Å². The van der Waals surface area contributed by atoms with Crippen LogP contribution in [0.1, 0.15) is 48.4 Å². The third-order valence-electron chi connectivity index (χ3n) is 5.35. The summed E-state index contributed by atoms with van der Waals surface area (Å²) in [5.41, 5.74) is -0.965. The monoisotopic (exact) mass is 580 g/mol. The van der Waals surface area contributed by atoms with Crippen LogP contribution in [0.5, 0.6) is 0 Å². The standard InChI is InChI=1S/C24H25BrN2O8S/c1-14(19(22(30)31)27-20(28)15-9-5-6-10-16(15)21(27)29)13-26(23(32)35-24(2,3)4)36(33,34)18-12-8-7-11-17(18)25/h5-12,14,19H,13H2,1-4H3,(H,30,31)/t14?,19-/m0/s1. The number of amides is 3. The molecule has 1 N–H and O–H groups in total. The number of hydrogen-bond donors (Lipinski definition) is 1. The Hall–Kier alpha value is -3.25. The fourth-order valence-electron chi connectivity index (χ4n) is 3.79. The highest BCUT2D eigenvalue weighted by Crippen LogP contribution is 2.30. The maximum atomic E-state index is 13.5. The summed E-state index contributed by atoms with van der Waals surface area (Å²) >= 11 is 3.17. The predicted molar refractivity (Wildman–Crippen MR) is 132 cm³/mol. The maximum absolute atomic E-state index is 13.5. The number of hydrogen-bond acceptors (Lipinski definition) is 7. The quantitative estimate of drug-likeness (QED) is 0.488. The summed E-state index contributed by atoms with van der Waals surface area (Å²) in [6, 6.07) is 9.95. The van der Waals surface area contributed by atoms with Gasteiger partial charge in [-0.05, 0) is 61.0 Å². The average molecular weight is 581 g/mol. The number of carbonyl (C=O) groups is 4. The average Bonchev–Trinajstić information content (AvgIpc) is 3.01. The van der Waals surface area contributed by atoms with E-state index in [4.69, 9.17) is 4.74 Å². The molecule has 1 aliphatic rings. The van der Waals surface area contributed by atoms with Gasteiger partial charge in [0.1, 0.15) is 16.5 Å². The van der Waals surface area contributed by atoms with E-state index < -0.39 is 58.0 Å². The smallest absolute Gasteiger partial charge is 0.424 e. The molecule has 1 unspecified atom stereocenters. The number of ether oxygens (including phenoxy) is 1. The lowest BCUT2D eigenvalue weighted by Gasteiger charge is -2.32. The Morgan fingerprint density at radius 3 is 2.00 bits per heavy atom. The first-order valence-corrected chi connectivity index (χ1v) is 13.1. The molecule has 192 valence electrons. The van der Waals surface area contributed by atoms with Crippen molar-refractivity contribution in [1.29, 1.82) is 0 Å². The van der Waals surface area contributed by atoms with Gasteiger partial charge in [0.15, 0.2) is 0 Å². The van der Waals surface area contributed by atoms with E-state index in [9.17, 15) is 32.7 Å². The van der Waals surface area contributed by atoms with E-state index in [0.29, 0.717) is 9.21 Å². The Labute approximate surface area is 217 Å². The van der Waals surface area contributed by atoms with E-state index in [2.05, 4.69) is 15.9 Å². The second kappa shape index (κ2) is 10.0. The zero-order chi connectivity index (χ0) is 27.0. The number of carboxylic acids is 1. The molecule has 0 radical (unpaired) electrons. The predicted octanol–water partition coefficient (Wildman–Crippen LogP) is 3.76. The van der Waals surface area contributed by atoms with Crippen molar-refractivity contribution in [3.8, 4) is 0 Å². The van der Waals surface area contributed by atoms with E-state index in [0.717, 1.165) is 0 Å². The summed E-state index contributed by atoms with van der Waals surface area (Å²) < 4.78 is 33.0. The molecule has 2 aromatic rings. The van der Waals surface area contributed by atoms with Crippen molar-refractivity contribution in [2.45, 2.75) is 44.2 Å². The van der Waals surface area contributed by atoms with Gasteiger partial charge in [0.25, 0.3) is 21.8 Å². The van der Waals surface area contributed by atoms with Crippen LogP contribution in [0.15, 0.2) is 57.9 Å². The Kier molecular flexibility index (Phi) is 7.61. The van der Waals surface area contributed by atoms with Crippen LogP contribution in [-0.4, -0.2) is 64.8 Å². The lowest BCUT2D eigenvalue weighted by Crippen LogP contribution is -2.53. The van der Waals surface area contributed by atoms with Crippen LogP contribution in [0.3, 0.4) is 0 Å². The fraction of sp³-hybridized carbons (Fsp3) is 0.333. The van der Waals surface area contributed by atoms with E-state index in [1.807, 2.05) is 0 Å². The number of nitrogens with zero attached hydrogens (tertiary/aromatic N) is 2. The van der Waals surface area contributed by atoms with E-state index in [1.165, 1.54) is 37.3 Å². The number of benzene rings is 2. The third kappa shape index (κ3) is 5.29. The van der Waals surface area contributed by atoms with Crippen molar-refractivity contribution in [1.82, 2.24) is 9.21 Å². The Balaban J connectivity index is 2.03. The zero-order valence-corrected chi connectivity index (χ0v) is 22.4. The molecule has 3 rings (SSSR count). The summed E-state index contributed by atoms with van der Waals surface area (Å²) in [5.74, 6) is -4.35. The van der Waals surface area contributed by atoms with E-state index in [-0.39, 0.29) is 20.5 Å². The summed E-state index contributed by atoms with van der Waals surface area (Å²) in [6.45, 7) is 5.32. The highest BCUT2D eigenvalue weighted by Gasteiger charge is 2.47. The molecule has 0 aromatic heterocycles. The van der Waals surface area contributed by atoms with Crippen molar-refractivity contribution >= 4 is 49.8 Å². The van der Waals surface area contributed by atoms with Crippen molar-refractivity contribution in [3.05, 3.63) is 64.1 Å². The molecule has 36 heavy (non-hydrogen) atoms. The van der Waals surface area contributed by atoms with Crippen LogP contribution in [0.4, 0.5) is 4.79 Å². The van der Waals surface area contributed by atoms with Gasteiger partial charge in [-0.2, -0.15) is 4.31 Å². The Bertz CT molecular complexity index is 1300. The molecule has 0 bridgehead atoms. The summed E-state index contributed by atoms with van der Waals surface area (Å²) in [5, 5.41) is 9.98. The molecule has 3 amide bonds. The van der Waals surface area contributed by atoms with E-state index >= 15 is 0 Å². The highest BCUT2D eigenvalue weighted by molar-refractivity contribution is 9.10. The Morgan fingerprint density at radius 1 is 1.03 bits per heavy atom. The van der Waals surface area contributed by atoms with E-state index in [1.54, 1.807) is 39.0 Å². The second-order valence-electron chi connectivity index (χ2n) is 9.23. The minimum absolute atomic E-state index is 0.0470. The fourth-order valence-corrected chi connectivity index (χ4v) is 6.15. The summed E-state index contributed by atoms with van der Waals surface area (Å²) in [6.07, 6.45) is -1.23. The number of fused-ring (bicyclic) bond motifs is 1. The molecule has 1 heterocycles. The first kappa shape index (κ1) is 27.3. The van der Waals surface area contributed by atoms with Gasteiger partial charge in [-0.15, -0.1) is 0 Å². The Morgan fingerprint density at radius 2 is 1.53 bits per heavy atom. The molecule has 2 aromatic carbocycles. The van der Waals surface area contributed by atoms with Gasteiger partial charge in [0, 0.05) is 16.9 Å². The second-order valence-corrected chi connectivity index (χ2v) is 11.9. The minimum atomic E-state index is -4.53. The normalized spacial score (nSPS) is 15.3. The molecule has 0 saturated carbocycles. The largest absolute Gasteiger partial charge is 0.480 e. The van der Waals surface area contributed by atoms with Gasteiger partial charge in [-0.1, -0.05) is 31.2 Å². The molecule has 10 nitrogen and oxygen atoms in total. The van der Waals surface area contributed by atoms with Crippen molar-refractivity contribution in [3.63, 3.8) is 0 Å². The maximum Gasteiger partial charge on any atom is 0.424 e. The number of carbonyl (C=O) groups excluding carboxylic acids is 3. The van der Waals surface area contributed by atoms with Gasteiger partial charge in [-0.25, -0.2) is 18.0 Å². The number of carboxylic acid groups (broad SMARTS) is 1. The lowest BCUT2D eigenvalue weighted by molar-refractivity contribution is -0.143. The molecule has 2 atom stereocenters. The van der Waals surface area contributed by atoms with Crippen LogP contribution in [0, 0.1) is 5.92 Å². The minimum Gasteiger partial charge on any atom is -0.480 e. The number of aliphatic carboxylic acids is 1. The van der Waals surface area contributed by atoms with Crippen molar-refractivity contribution < 1.29 is 37.4 Å². The lowest BCUT2D eigenvalue weighted by atomic mass is 10.0. The number of imide groups is 1. The molecule has 0 saturated heterocycles. The SMILES string of the molecule is CC(CN(C(=O)OC(C)(C)C)S(=O)(=O)c1ccccc1Br)[C@@H](C(=O)O)N1C(=O)c2ccccc2C1=O. The van der Waals surface area contributed by atoms with Crippen LogP contribution in [-0.2, 0) is 19.6 Å². The molecule has 0 spiro atoms. The van der Waals surface area contributed by atoms with Gasteiger partial charge in [-0.3, -0.25) is 14.5 Å². The number of rotatable bonds is 7. The molecular formula is C24H25BrN2O8S. The van der Waals surface area contributed by atoms with Gasteiger partial charge in [0.05, 0.1) is 11.1 Å². The molecule has 12 heteroatoms. The van der Waals surface area contributed by atoms with Crippen LogP contribution in [0.25, 0.3) is 0 Å². The summed E-state index contributed by atoms with van der Waals surface area (Å²) in [4.78, 5) is 51.6. The molecule has 0 fully saturated rings. The molecular weight excluding hydrogens is 556 g/mol. The molecule has 0 aliphatic carbocycles.